The van der Waals surface area contributed by atoms with Crippen LogP contribution in [0.15, 0.2) is 91.0 Å². The molecule has 0 saturated heterocycles. The van der Waals surface area contributed by atoms with E-state index in [1.165, 1.54) is 66.4 Å². The summed E-state index contributed by atoms with van der Waals surface area (Å²) >= 11 is 0. The molecule has 5 aromatic rings. The molecule has 0 spiro atoms. The minimum absolute atomic E-state index is 0.343. The van der Waals surface area contributed by atoms with E-state index in [9.17, 15) is 0 Å². The zero-order valence-electron chi connectivity index (χ0n) is 27.3. The van der Waals surface area contributed by atoms with Crippen molar-refractivity contribution in [1.82, 2.24) is 0 Å². The van der Waals surface area contributed by atoms with Crippen LogP contribution in [-0.4, -0.2) is 20.8 Å². The molecule has 3 nitrogen and oxygen atoms in total. The van der Waals surface area contributed by atoms with E-state index in [-0.39, 0.29) is 5.41 Å². The van der Waals surface area contributed by atoms with Gasteiger partial charge in [0.05, 0.1) is 14.2 Å². The largest absolute Gasteiger partial charge is 0.497 e. The first-order valence-electron chi connectivity index (χ1n) is 16.2. The van der Waals surface area contributed by atoms with Crippen LogP contribution in [0.5, 0.6) is 11.5 Å². The Labute approximate surface area is 267 Å². The molecule has 1 unspecified atom stereocenters. The van der Waals surface area contributed by atoms with Gasteiger partial charge in [-0.25, -0.2) is 0 Å². The Morgan fingerprint density at radius 3 is 2.02 bits per heavy atom. The minimum atomic E-state index is -0.527. The fourth-order valence-electron chi connectivity index (χ4n) is 7.76. The number of hydrogen-bond donors (Lipinski definition) is 0. The van der Waals surface area contributed by atoms with Gasteiger partial charge in [-0.15, -0.1) is 0 Å². The maximum absolute atomic E-state index is 6.95. The molecule has 5 aromatic carbocycles. The molecule has 3 heteroatoms. The SMILES string of the molecule is CCCCOC1(C)c2cc(C)ccc2-c2ccc3c(C)cc4c(c3c21)C=CC(c1ccc(OC)cc1)(c1ccc(OC)cc1)C4. The molecular weight excluding hydrogens is 552 g/mol. The number of aryl methyl sites for hydroxylation is 2. The second kappa shape index (κ2) is 11.2. The van der Waals surface area contributed by atoms with E-state index in [0.717, 1.165) is 37.4 Å². The molecule has 7 rings (SSSR count). The van der Waals surface area contributed by atoms with Crippen molar-refractivity contribution in [1.29, 1.82) is 0 Å². The van der Waals surface area contributed by atoms with Crippen LogP contribution in [0.4, 0.5) is 0 Å². The van der Waals surface area contributed by atoms with Crippen molar-refractivity contribution in [3.05, 3.63) is 136 Å². The molecule has 0 fully saturated rings. The number of unbranched alkanes of at least 4 members (excludes halogenated alkanes) is 1. The van der Waals surface area contributed by atoms with E-state index < -0.39 is 5.60 Å². The summed E-state index contributed by atoms with van der Waals surface area (Å²) in [7, 11) is 3.44. The number of methoxy groups -OCH3 is 2. The molecule has 0 amide bonds. The van der Waals surface area contributed by atoms with E-state index in [1.54, 1.807) is 14.2 Å². The molecule has 0 N–H and O–H groups in total. The molecule has 0 aliphatic heterocycles. The Kier molecular flexibility index (Phi) is 7.33. The van der Waals surface area contributed by atoms with Crippen LogP contribution in [0.2, 0.25) is 0 Å². The van der Waals surface area contributed by atoms with Gasteiger partial charge in [0.25, 0.3) is 0 Å². The van der Waals surface area contributed by atoms with Gasteiger partial charge < -0.3 is 14.2 Å². The van der Waals surface area contributed by atoms with Crippen molar-refractivity contribution in [2.45, 2.75) is 58.0 Å². The molecule has 1 atom stereocenters. The van der Waals surface area contributed by atoms with Crippen LogP contribution in [0.3, 0.4) is 0 Å². The number of benzene rings is 5. The number of rotatable bonds is 8. The van der Waals surface area contributed by atoms with Gasteiger partial charge in [-0.05, 0) is 113 Å². The summed E-state index contributed by atoms with van der Waals surface area (Å²) in [5.74, 6) is 1.72. The topological polar surface area (TPSA) is 27.7 Å². The molecule has 0 saturated carbocycles. The lowest BCUT2D eigenvalue weighted by atomic mass is 9.66. The van der Waals surface area contributed by atoms with Gasteiger partial charge in [0.1, 0.15) is 17.1 Å². The lowest BCUT2D eigenvalue weighted by Crippen LogP contribution is -2.31. The van der Waals surface area contributed by atoms with Crippen molar-refractivity contribution in [3.63, 3.8) is 0 Å². The molecule has 0 aromatic heterocycles. The van der Waals surface area contributed by atoms with Crippen molar-refractivity contribution in [3.8, 4) is 22.6 Å². The van der Waals surface area contributed by atoms with Crippen LogP contribution in [0.1, 0.15) is 71.2 Å². The average Bonchev–Trinajstić information content (AvgIpc) is 3.31. The third kappa shape index (κ3) is 4.59. The summed E-state index contributed by atoms with van der Waals surface area (Å²) in [5, 5.41) is 2.62. The predicted octanol–water partition coefficient (Wildman–Crippen LogP) is 10.1. The molecular formula is C42H42O3. The van der Waals surface area contributed by atoms with Crippen LogP contribution >= 0.6 is 0 Å². The van der Waals surface area contributed by atoms with E-state index >= 15 is 0 Å². The Morgan fingerprint density at radius 2 is 1.40 bits per heavy atom. The van der Waals surface area contributed by atoms with E-state index in [1.807, 2.05) is 0 Å². The zero-order chi connectivity index (χ0) is 31.3. The molecule has 228 valence electrons. The molecule has 0 heterocycles. The fourth-order valence-corrected chi connectivity index (χ4v) is 7.76. The Balaban J connectivity index is 1.47. The second-order valence-corrected chi connectivity index (χ2v) is 12.9. The van der Waals surface area contributed by atoms with Crippen molar-refractivity contribution >= 4 is 16.8 Å². The standard InChI is InChI=1S/C42H42O3/c1-7-8-23-45-41(4)38-24-27(2)9-18-36(38)37-20-19-34-28(3)25-29-26-42(22-21-35(29)39(34)40(37)41,30-10-14-32(43-5)15-11-30)31-12-16-33(44-6)17-13-31/h9-22,24-25H,7-8,23,26H2,1-6H3. The van der Waals surface area contributed by atoms with Crippen LogP contribution in [-0.2, 0) is 22.2 Å². The Hall–Kier alpha value is -4.34. The van der Waals surface area contributed by atoms with Crippen LogP contribution in [0.25, 0.3) is 28.0 Å². The van der Waals surface area contributed by atoms with Crippen molar-refractivity contribution in [2.75, 3.05) is 20.8 Å². The third-order valence-electron chi connectivity index (χ3n) is 10.2. The summed E-state index contributed by atoms with van der Waals surface area (Å²) in [6.45, 7) is 9.70. The highest BCUT2D eigenvalue weighted by atomic mass is 16.5. The maximum Gasteiger partial charge on any atom is 0.118 e. The first kappa shape index (κ1) is 29.4. The van der Waals surface area contributed by atoms with Gasteiger partial charge in [0.15, 0.2) is 0 Å². The highest BCUT2D eigenvalue weighted by molar-refractivity contribution is 6.04. The van der Waals surface area contributed by atoms with E-state index in [2.05, 4.69) is 125 Å². The Morgan fingerprint density at radius 1 is 0.756 bits per heavy atom. The van der Waals surface area contributed by atoms with Crippen LogP contribution in [0, 0.1) is 13.8 Å². The quantitative estimate of drug-likeness (QED) is 0.167. The summed E-state index contributed by atoms with van der Waals surface area (Å²) in [6, 6.07) is 31.0. The molecule has 0 radical (unpaired) electrons. The average molecular weight is 595 g/mol. The summed E-state index contributed by atoms with van der Waals surface area (Å²) in [6.07, 6.45) is 7.80. The molecule has 45 heavy (non-hydrogen) atoms. The third-order valence-corrected chi connectivity index (χ3v) is 10.2. The number of ether oxygens (including phenoxy) is 3. The first-order chi connectivity index (χ1) is 21.8. The molecule has 0 bridgehead atoms. The fraction of sp³-hybridized carbons (Fsp3) is 0.286. The lowest BCUT2D eigenvalue weighted by molar-refractivity contribution is -0.00124. The van der Waals surface area contributed by atoms with Gasteiger partial charge in [0, 0.05) is 17.6 Å². The first-order valence-corrected chi connectivity index (χ1v) is 16.2. The molecule has 2 aliphatic carbocycles. The highest BCUT2D eigenvalue weighted by Gasteiger charge is 2.43. The van der Waals surface area contributed by atoms with Crippen molar-refractivity contribution < 1.29 is 14.2 Å². The zero-order valence-corrected chi connectivity index (χ0v) is 27.3. The Bertz CT molecular complexity index is 1880. The minimum Gasteiger partial charge on any atom is -0.497 e. The van der Waals surface area contributed by atoms with Gasteiger partial charge in [0.2, 0.25) is 0 Å². The summed E-state index contributed by atoms with van der Waals surface area (Å²) in [4.78, 5) is 0. The van der Waals surface area contributed by atoms with E-state index in [4.69, 9.17) is 14.2 Å². The smallest absolute Gasteiger partial charge is 0.118 e. The predicted molar refractivity (Wildman–Crippen MR) is 186 cm³/mol. The number of allylic oxidation sites excluding steroid dienone is 1. The van der Waals surface area contributed by atoms with Gasteiger partial charge in [-0.2, -0.15) is 0 Å². The summed E-state index contributed by atoms with van der Waals surface area (Å²) < 4.78 is 18.0. The monoisotopic (exact) mass is 594 g/mol. The lowest BCUT2D eigenvalue weighted by Gasteiger charge is -2.37. The van der Waals surface area contributed by atoms with E-state index in [0.29, 0.717) is 0 Å². The van der Waals surface area contributed by atoms with Gasteiger partial charge >= 0.3 is 0 Å². The normalized spacial score (nSPS) is 17.6. The number of hydrogen-bond acceptors (Lipinski definition) is 3. The maximum atomic E-state index is 6.95. The summed E-state index contributed by atoms with van der Waals surface area (Å²) in [5.41, 5.74) is 12.0. The van der Waals surface area contributed by atoms with Crippen LogP contribution < -0.4 is 9.47 Å². The molecule has 2 aliphatic rings. The van der Waals surface area contributed by atoms with Crippen molar-refractivity contribution in [2.24, 2.45) is 0 Å². The second-order valence-electron chi connectivity index (χ2n) is 12.9. The number of fused-ring (bicyclic) bond motifs is 7. The highest BCUT2D eigenvalue weighted by Crippen LogP contribution is 2.55. The van der Waals surface area contributed by atoms with Gasteiger partial charge in [-0.1, -0.05) is 91.7 Å². The van der Waals surface area contributed by atoms with Gasteiger partial charge in [-0.3, -0.25) is 0 Å².